The molecule has 4 aromatic carbocycles. The summed E-state index contributed by atoms with van der Waals surface area (Å²) in [6.07, 6.45) is 5.96. The lowest BCUT2D eigenvalue weighted by Crippen LogP contribution is -2.61. The maximum Gasteiger partial charge on any atom is 0.246 e. The first kappa shape index (κ1) is 99.9. The van der Waals surface area contributed by atoms with Crippen molar-refractivity contribution < 1.29 is 96.2 Å². The highest BCUT2D eigenvalue weighted by Crippen LogP contribution is 2.45. The van der Waals surface area contributed by atoms with Crippen LogP contribution in [0.2, 0.25) is 0 Å². The minimum absolute atomic E-state index is 0.00326. The summed E-state index contributed by atoms with van der Waals surface area (Å²) >= 11 is 1.69. The SMILES string of the molecule is CCCN1C[C@H](CSCC(=O)NCCOCCOCC(=O)NCCOCCOCC(=O)NCCOCCOCC(=O)N[C@H](Cc2ccccc2)C(=O)N[C@H]2CSSC[C@@H](C(=O)N[C@H](C(N)=O)[C@@H](C)O)NC(=O)C(CC)NC(=O)[C@H](CCCCN)NC(=O)[C@@H](Cc3c[nH]c4ccccc34)NC(=O)[C@H](Cc3ccc(O)cc3)NC2=O)C[C@@H]2c3cccc4[nH]cc(c34)C[C@H]21. The number of aromatic hydroxyl groups is 1. The number of aliphatic hydroxyl groups is 1. The van der Waals surface area contributed by atoms with Crippen molar-refractivity contribution in [3.63, 3.8) is 0 Å². The van der Waals surface area contributed by atoms with Gasteiger partial charge in [-0.2, -0.15) is 11.8 Å². The summed E-state index contributed by atoms with van der Waals surface area (Å²) in [4.78, 5) is 176. The Hall–Kier alpha value is -9.91. The fourth-order valence-electron chi connectivity index (χ4n) is 15.1. The minimum Gasteiger partial charge on any atom is -0.508 e. The molecule has 688 valence electrons. The number of rotatable bonds is 48. The van der Waals surface area contributed by atoms with E-state index in [1.165, 1.54) is 53.2 Å². The van der Waals surface area contributed by atoms with Crippen molar-refractivity contribution in [2.75, 3.05) is 142 Å². The van der Waals surface area contributed by atoms with Crippen molar-refractivity contribution >= 4 is 126 Å². The molecule has 12 atom stereocenters. The zero-order chi connectivity index (χ0) is 90.1. The molecular weight excluding hydrogens is 1690 g/mol. The number of unbranched alkanes of at least 4 members (excludes halogenated alkanes) is 1. The van der Waals surface area contributed by atoms with E-state index in [4.69, 9.17) is 39.9 Å². The highest BCUT2D eigenvalue weighted by Gasteiger charge is 2.42. The number of aromatic amines is 2. The molecule has 126 heavy (non-hydrogen) atoms. The number of primary amides is 1. The first-order chi connectivity index (χ1) is 61.0. The van der Waals surface area contributed by atoms with E-state index in [2.05, 4.69) is 105 Å². The first-order valence-corrected chi connectivity index (χ1v) is 46.5. The zero-order valence-corrected chi connectivity index (χ0v) is 74.0. The summed E-state index contributed by atoms with van der Waals surface area (Å²) in [5.41, 5.74) is 17.9. The van der Waals surface area contributed by atoms with Crippen LogP contribution in [-0.2, 0) is 112 Å². The Labute approximate surface area is 744 Å². The van der Waals surface area contributed by atoms with Crippen molar-refractivity contribution in [2.24, 2.45) is 17.4 Å². The van der Waals surface area contributed by atoms with Gasteiger partial charge < -0.3 is 119 Å². The molecule has 0 spiro atoms. The normalized spacial score (nSPS) is 20.5. The van der Waals surface area contributed by atoms with Gasteiger partial charge in [-0.05, 0) is 129 Å². The fourth-order valence-corrected chi connectivity index (χ4v) is 18.4. The van der Waals surface area contributed by atoms with E-state index < -0.39 is 120 Å². The number of ether oxygens (including phenoxy) is 6. The molecule has 1 aliphatic carbocycles. The van der Waals surface area contributed by atoms with Crippen LogP contribution in [0.5, 0.6) is 5.75 Å². The molecule has 0 saturated carbocycles. The van der Waals surface area contributed by atoms with Crippen molar-refractivity contribution in [2.45, 2.75) is 151 Å². The van der Waals surface area contributed by atoms with Crippen LogP contribution in [0.25, 0.3) is 21.8 Å². The number of phenolic OH excluding ortho intramolecular Hbond substituents is 1. The van der Waals surface area contributed by atoms with Crippen LogP contribution in [0.1, 0.15) is 93.0 Å². The van der Waals surface area contributed by atoms with Gasteiger partial charge in [0, 0.05) is 103 Å². The van der Waals surface area contributed by atoms with Gasteiger partial charge in [0.05, 0.1) is 71.3 Å². The summed E-state index contributed by atoms with van der Waals surface area (Å²) in [7, 11) is 1.88. The van der Waals surface area contributed by atoms with Crippen LogP contribution in [0.15, 0.2) is 109 Å². The molecule has 0 radical (unpaired) electrons. The molecule has 9 rings (SSSR count). The maximum absolute atomic E-state index is 15.2. The van der Waals surface area contributed by atoms with Gasteiger partial charge in [0.25, 0.3) is 0 Å². The van der Waals surface area contributed by atoms with Crippen LogP contribution >= 0.6 is 33.3 Å². The van der Waals surface area contributed by atoms with Crippen molar-refractivity contribution in [1.82, 2.24) is 73.4 Å². The number of nitrogens with two attached hydrogens (primary N) is 2. The second-order valence-corrected chi connectivity index (χ2v) is 34.7. The monoisotopic (exact) mass is 1810 g/mol. The number of likely N-dealkylation sites (tertiary alicyclic amines) is 1. The number of nitrogens with zero attached hydrogens (tertiary/aromatic N) is 1. The summed E-state index contributed by atoms with van der Waals surface area (Å²) in [5, 5.41) is 52.7. The summed E-state index contributed by atoms with van der Waals surface area (Å²) in [6, 6.07) is 17.1. The zero-order valence-electron chi connectivity index (χ0n) is 71.5. The summed E-state index contributed by atoms with van der Waals surface area (Å²) < 4.78 is 33.2. The van der Waals surface area contributed by atoms with Crippen LogP contribution < -0.4 is 70.0 Å². The number of amides is 12. The molecule has 36 nitrogen and oxygen atoms in total. The first-order valence-electron chi connectivity index (χ1n) is 42.9. The lowest BCUT2D eigenvalue weighted by atomic mass is 9.72. The van der Waals surface area contributed by atoms with Crippen LogP contribution in [0.3, 0.4) is 0 Å². The summed E-state index contributed by atoms with van der Waals surface area (Å²) in [6.45, 7) is 8.39. The molecule has 2 saturated heterocycles. The average Bonchev–Trinajstić information content (AvgIpc) is 1.52. The van der Waals surface area contributed by atoms with E-state index >= 15 is 9.59 Å². The lowest BCUT2D eigenvalue weighted by Gasteiger charge is -2.47. The molecule has 2 aliphatic heterocycles. The molecule has 12 amide bonds. The number of H-pyrrole nitrogens is 2. The predicted octanol–water partition coefficient (Wildman–Crippen LogP) is 0.683. The maximum atomic E-state index is 15.2. The van der Waals surface area contributed by atoms with Gasteiger partial charge in [-0.15, -0.1) is 0 Å². The largest absolute Gasteiger partial charge is 0.508 e. The number of fused-ring (bicyclic) bond motifs is 3. The number of phenols is 1. The standard InChI is InChI=1S/C87H122N16O20S3/c1-4-29-103-46-57(39-63-62-17-13-20-66-78(62)59(45-94-66)43-73(63)103)50-124-53-77(109)92-28-32-120-34-37-122-48-75(107)90-26-30-118-33-36-121-47-74(106)91-27-31-119-35-38-123-49-76(108)95-68(40-55-14-7-6-8-15-55)83(113)101-71-51-125-126-52-72(87(117)102-79(54(3)104)80(89)110)100-81(111)64(5-2)96-82(112)67(19-11-12-25-88)97-85(115)70(42-58-44-93-65-18-10-9-16-61(58)65)99-84(114)69(98-86(71)116)41-56-21-23-60(105)24-22-56/h6-10,13-18,20-24,44-45,54,57,63-64,67-73,79,93-94,104-105H,4-5,11-12,19,25-43,46-53,88H2,1-3H3,(H2,89,110)(H,90,107)(H,91,106)(H,92,109)(H,95,108)(H,96,112)(H,97,115)(H,98,116)(H,99,114)(H,100,111)(H,101,113)(H,102,117)/t54-,57-,63-,64?,67+,68-,69+,70-,71+,72+,73-,79+/m1/s1. The Morgan fingerprint density at radius 1 is 0.603 bits per heavy atom. The molecule has 39 heteroatoms. The Bertz CT molecular complexity index is 4510. The second kappa shape index (κ2) is 53.7. The Morgan fingerprint density at radius 2 is 1.18 bits per heavy atom. The number of benzene rings is 4. The number of nitrogens with one attached hydrogen (secondary N) is 13. The van der Waals surface area contributed by atoms with E-state index in [9.17, 15) is 58.2 Å². The molecule has 0 bridgehead atoms. The minimum atomic E-state index is -1.61. The van der Waals surface area contributed by atoms with Crippen LogP contribution in [-0.4, -0.2) is 298 Å². The molecule has 2 aromatic heterocycles. The van der Waals surface area contributed by atoms with Crippen molar-refractivity contribution in [1.29, 1.82) is 0 Å². The van der Waals surface area contributed by atoms with E-state index in [1.807, 2.05) is 18.2 Å². The predicted molar refractivity (Wildman–Crippen MR) is 478 cm³/mol. The van der Waals surface area contributed by atoms with Gasteiger partial charge in [-0.3, -0.25) is 62.4 Å². The quantitative estimate of drug-likeness (QED) is 0.0184. The van der Waals surface area contributed by atoms with E-state index in [-0.39, 0.29) is 147 Å². The number of piperidine rings is 1. The number of aliphatic hydroxyl groups excluding tert-OH is 1. The van der Waals surface area contributed by atoms with Crippen LogP contribution in [0, 0.1) is 5.92 Å². The van der Waals surface area contributed by atoms with E-state index in [1.54, 1.807) is 61.3 Å². The highest BCUT2D eigenvalue weighted by molar-refractivity contribution is 8.76. The Balaban J connectivity index is 0.699. The molecular formula is C87H122N16O20S3. The molecule has 4 heterocycles. The van der Waals surface area contributed by atoms with Gasteiger partial charge >= 0.3 is 0 Å². The number of hydrogen-bond acceptors (Lipinski definition) is 25. The van der Waals surface area contributed by atoms with Crippen LogP contribution in [0.4, 0.5) is 0 Å². The molecule has 3 aliphatic rings. The average molecular weight is 1810 g/mol. The van der Waals surface area contributed by atoms with E-state index in [0.717, 1.165) is 59.7 Å². The van der Waals surface area contributed by atoms with Gasteiger partial charge in [0.15, 0.2) is 0 Å². The topological polar surface area (TPSA) is 520 Å². The van der Waals surface area contributed by atoms with E-state index in [0.29, 0.717) is 77.2 Å². The smallest absolute Gasteiger partial charge is 0.246 e. The Kier molecular flexibility index (Phi) is 42.5. The summed E-state index contributed by atoms with van der Waals surface area (Å²) in [5.74, 6) is -7.12. The van der Waals surface area contributed by atoms with Gasteiger partial charge in [-0.25, -0.2) is 0 Å². The number of thioether (sulfide) groups is 1. The third-order valence-corrected chi connectivity index (χ3v) is 25.1. The third kappa shape index (κ3) is 32.7. The van der Waals surface area contributed by atoms with Gasteiger partial charge in [-0.1, -0.05) is 108 Å². The number of para-hydroxylation sites is 1. The fraction of sp³-hybridized carbons (Fsp3) is 0.540. The molecule has 6 aromatic rings. The van der Waals surface area contributed by atoms with Crippen molar-refractivity contribution in [3.05, 3.63) is 137 Å². The molecule has 2 fully saturated rings. The molecule has 19 N–H and O–H groups in total. The number of carbonyl (C=O) groups is 12. The number of carbonyl (C=O) groups excluding carboxylic acids is 12. The number of aromatic nitrogens is 2. The van der Waals surface area contributed by atoms with Gasteiger partial charge in [0.2, 0.25) is 70.9 Å². The Morgan fingerprint density at radius 3 is 1.83 bits per heavy atom. The number of hydrogen-bond donors (Lipinski definition) is 17. The third-order valence-electron chi connectivity index (χ3n) is 21.5. The van der Waals surface area contributed by atoms with Gasteiger partial charge in [0.1, 0.15) is 73.9 Å². The highest BCUT2D eigenvalue weighted by atomic mass is 33.1. The molecule has 1 unspecified atom stereocenters. The second-order valence-electron chi connectivity index (χ2n) is 31.1. The lowest BCUT2D eigenvalue weighted by molar-refractivity contribution is -0.136. The van der Waals surface area contributed by atoms with Crippen molar-refractivity contribution in [3.8, 4) is 5.75 Å².